The fraction of sp³-hybridized carbons (Fsp3) is 0.0323. The molecular weight excluding hydrogens is 445 g/mol. The highest BCUT2D eigenvalue weighted by Gasteiger charge is 2.41. The number of aryl methyl sites for hydroxylation is 1. The molecule has 0 saturated carbocycles. The van der Waals surface area contributed by atoms with E-state index in [1.165, 1.54) is 11.0 Å². The third kappa shape index (κ3) is 2.71. The Balaban J connectivity index is 1.38. The van der Waals surface area contributed by atoms with Crippen LogP contribution in [0.5, 0.6) is 34.5 Å². The van der Waals surface area contributed by atoms with E-state index in [2.05, 4.69) is 72.5 Å². The van der Waals surface area contributed by atoms with E-state index in [4.69, 9.17) is 14.2 Å². The van der Waals surface area contributed by atoms with Crippen LogP contribution in [0.3, 0.4) is 0 Å². The third-order valence-electron chi connectivity index (χ3n) is 7.21. The molecule has 0 bridgehead atoms. The van der Waals surface area contributed by atoms with Crippen molar-refractivity contribution in [2.45, 2.75) is 6.92 Å². The predicted molar refractivity (Wildman–Crippen MR) is 144 cm³/mol. The Labute approximate surface area is 209 Å². The number of hydrogen-bond donors (Lipinski definition) is 0. The van der Waals surface area contributed by atoms with Crippen LogP contribution in [0.15, 0.2) is 103 Å². The van der Waals surface area contributed by atoms with Gasteiger partial charge in [-0.25, -0.2) is 0 Å². The molecule has 36 heavy (non-hydrogen) atoms. The quantitative estimate of drug-likeness (QED) is 0.267. The standard InChI is InChI=1S/C31H20BNO3/c1-19-14-15-26-22(16-19)32-21-8-2-5-11-25(21)34-29-17-20(18-30(35-26)31(29)32)33-23-9-3-6-12-27(23)36-28-13-7-4-10-24(28)33/h2-18H,1H3. The number of para-hydroxylation sites is 5. The van der Waals surface area contributed by atoms with Crippen LogP contribution in [0.1, 0.15) is 5.56 Å². The molecule has 8 rings (SSSR count). The zero-order chi connectivity index (χ0) is 23.8. The highest BCUT2D eigenvalue weighted by atomic mass is 16.5. The minimum absolute atomic E-state index is 0.0573. The van der Waals surface area contributed by atoms with Gasteiger partial charge in [0.2, 0.25) is 0 Å². The van der Waals surface area contributed by atoms with E-state index >= 15 is 0 Å². The van der Waals surface area contributed by atoms with Gasteiger partial charge in [0.1, 0.15) is 23.0 Å². The first-order valence-corrected chi connectivity index (χ1v) is 12.1. The zero-order valence-electron chi connectivity index (χ0n) is 19.6. The number of benzene rings is 5. The molecule has 5 aromatic carbocycles. The second-order valence-electron chi connectivity index (χ2n) is 9.44. The molecule has 3 aliphatic rings. The summed E-state index contributed by atoms with van der Waals surface area (Å²) in [6.07, 6.45) is 0. The van der Waals surface area contributed by atoms with Gasteiger partial charge in [0, 0.05) is 17.6 Å². The molecule has 170 valence electrons. The summed E-state index contributed by atoms with van der Waals surface area (Å²) in [7, 11) is 0. The Morgan fingerprint density at radius 3 is 1.78 bits per heavy atom. The monoisotopic (exact) mass is 465 g/mol. The van der Waals surface area contributed by atoms with E-state index < -0.39 is 0 Å². The maximum Gasteiger partial charge on any atom is 0.260 e. The van der Waals surface area contributed by atoms with Crippen molar-refractivity contribution in [3.63, 3.8) is 0 Å². The van der Waals surface area contributed by atoms with Crippen LogP contribution in [0, 0.1) is 6.92 Å². The fourth-order valence-corrected chi connectivity index (χ4v) is 5.67. The largest absolute Gasteiger partial charge is 0.458 e. The minimum Gasteiger partial charge on any atom is -0.458 e. The molecule has 0 fully saturated rings. The Hall–Kier alpha value is -4.64. The van der Waals surface area contributed by atoms with E-state index in [-0.39, 0.29) is 6.71 Å². The summed E-state index contributed by atoms with van der Waals surface area (Å²) >= 11 is 0. The van der Waals surface area contributed by atoms with Crippen molar-refractivity contribution in [2.75, 3.05) is 4.90 Å². The second-order valence-corrected chi connectivity index (χ2v) is 9.44. The smallest absolute Gasteiger partial charge is 0.260 e. The van der Waals surface area contributed by atoms with E-state index in [1.807, 2.05) is 42.5 Å². The molecule has 0 amide bonds. The van der Waals surface area contributed by atoms with Gasteiger partial charge in [-0.05, 0) is 54.2 Å². The van der Waals surface area contributed by atoms with Gasteiger partial charge >= 0.3 is 0 Å². The Bertz CT molecular complexity index is 1650. The molecule has 3 heterocycles. The van der Waals surface area contributed by atoms with E-state index in [9.17, 15) is 0 Å². The molecule has 0 unspecified atom stereocenters. The normalized spacial score (nSPS) is 13.7. The SMILES string of the molecule is Cc1ccc2c(c1)B1c3ccccc3Oc3cc(N4c5ccccc5Oc5ccccc54)cc(c31)O2. The number of hydrogen-bond acceptors (Lipinski definition) is 4. The lowest BCUT2D eigenvalue weighted by atomic mass is 9.35. The number of ether oxygens (including phenoxy) is 3. The zero-order valence-corrected chi connectivity index (χ0v) is 19.6. The van der Waals surface area contributed by atoms with Crippen LogP contribution in [0.25, 0.3) is 0 Å². The molecule has 0 spiro atoms. The van der Waals surface area contributed by atoms with Crippen LogP contribution in [-0.2, 0) is 0 Å². The summed E-state index contributed by atoms with van der Waals surface area (Å²) in [5, 5.41) is 0. The van der Waals surface area contributed by atoms with Crippen LogP contribution >= 0.6 is 0 Å². The predicted octanol–water partition coefficient (Wildman–Crippen LogP) is 6.30. The number of fused-ring (bicyclic) bond motifs is 6. The van der Waals surface area contributed by atoms with E-state index in [0.717, 1.165) is 62.5 Å². The van der Waals surface area contributed by atoms with Gasteiger partial charge in [-0.3, -0.25) is 0 Å². The topological polar surface area (TPSA) is 30.9 Å². The molecule has 0 atom stereocenters. The first kappa shape index (κ1) is 19.6. The van der Waals surface area contributed by atoms with Crippen LogP contribution in [0.2, 0.25) is 0 Å². The average Bonchev–Trinajstić information content (AvgIpc) is 2.91. The lowest BCUT2D eigenvalue weighted by Gasteiger charge is -2.36. The molecule has 0 N–H and O–H groups in total. The van der Waals surface area contributed by atoms with Crippen molar-refractivity contribution in [3.05, 3.63) is 109 Å². The Morgan fingerprint density at radius 1 is 0.528 bits per heavy atom. The lowest BCUT2D eigenvalue weighted by Crippen LogP contribution is -2.57. The Morgan fingerprint density at radius 2 is 1.08 bits per heavy atom. The maximum atomic E-state index is 6.56. The summed E-state index contributed by atoms with van der Waals surface area (Å²) in [5.41, 5.74) is 7.53. The van der Waals surface area contributed by atoms with Gasteiger partial charge in [0.25, 0.3) is 6.71 Å². The van der Waals surface area contributed by atoms with Crippen LogP contribution in [-0.4, -0.2) is 6.71 Å². The molecule has 5 heteroatoms. The molecule has 5 aromatic rings. The average molecular weight is 465 g/mol. The van der Waals surface area contributed by atoms with E-state index in [1.54, 1.807) is 0 Å². The highest BCUT2D eigenvalue weighted by Crippen LogP contribution is 2.51. The van der Waals surface area contributed by atoms with Crippen LogP contribution < -0.4 is 35.5 Å². The van der Waals surface area contributed by atoms with Crippen molar-refractivity contribution in [1.82, 2.24) is 0 Å². The van der Waals surface area contributed by atoms with Crippen molar-refractivity contribution in [2.24, 2.45) is 0 Å². The summed E-state index contributed by atoms with van der Waals surface area (Å²) in [5.74, 6) is 5.04. The third-order valence-corrected chi connectivity index (χ3v) is 7.21. The molecule has 0 aliphatic carbocycles. The van der Waals surface area contributed by atoms with Gasteiger partial charge in [-0.2, -0.15) is 0 Å². The van der Waals surface area contributed by atoms with E-state index in [0.29, 0.717) is 0 Å². The lowest BCUT2D eigenvalue weighted by molar-refractivity contribution is 0.463. The van der Waals surface area contributed by atoms with Gasteiger partial charge in [-0.15, -0.1) is 0 Å². The number of anilines is 3. The minimum atomic E-state index is 0.0573. The number of nitrogens with zero attached hydrogens (tertiary/aromatic N) is 1. The first-order valence-electron chi connectivity index (χ1n) is 12.1. The molecule has 4 nitrogen and oxygen atoms in total. The molecule has 0 aromatic heterocycles. The van der Waals surface area contributed by atoms with Gasteiger partial charge in [0.05, 0.1) is 17.1 Å². The number of rotatable bonds is 1. The summed E-state index contributed by atoms with van der Waals surface area (Å²) in [6, 6.07) is 35.2. The van der Waals surface area contributed by atoms with Gasteiger partial charge in [-0.1, -0.05) is 60.2 Å². The van der Waals surface area contributed by atoms with Crippen molar-refractivity contribution < 1.29 is 14.2 Å². The van der Waals surface area contributed by atoms with Gasteiger partial charge < -0.3 is 19.1 Å². The molecule has 0 saturated heterocycles. The van der Waals surface area contributed by atoms with Crippen molar-refractivity contribution in [1.29, 1.82) is 0 Å². The molecule has 3 aliphatic heterocycles. The van der Waals surface area contributed by atoms with Gasteiger partial charge in [0.15, 0.2) is 11.5 Å². The van der Waals surface area contributed by atoms with Crippen LogP contribution in [0.4, 0.5) is 17.1 Å². The highest BCUT2D eigenvalue weighted by molar-refractivity contribution is 6.98. The summed E-state index contributed by atoms with van der Waals surface area (Å²) in [4.78, 5) is 2.22. The molecular formula is C31H20BNO3. The van der Waals surface area contributed by atoms with Crippen molar-refractivity contribution in [3.8, 4) is 34.5 Å². The Kier molecular flexibility index (Phi) is 3.92. The molecule has 0 radical (unpaired) electrons. The van der Waals surface area contributed by atoms with Crippen molar-refractivity contribution >= 4 is 40.2 Å². The second kappa shape index (κ2) is 7.19. The summed E-state index contributed by atoms with van der Waals surface area (Å²) in [6.45, 7) is 2.18. The fourth-order valence-electron chi connectivity index (χ4n) is 5.67. The maximum absolute atomic E-state index is 6.56. The first-order chi connectivity index (χ1) is 17.7. The summed E-state index contributed by atoms with van der Waals surface area (Å²) < 4.78 is 19.3.